The van der Waals surface area contributed by atoms with Gasteiger partial charge in [0.1, 0.15) is 4.90 Å². The molecular weight excluding hydrogens is 329 g/mol. The van der Waals surface area contributed by atoms with E-state index in [-0.39, 0.29) is 19.0 Å². The molecule has 1 aromatic carbocycles. The largest absolute Gasteiger partial charge is 0.303 e. The highest BCUT2D eigenvalue weighted by atomic mass is 35.5. The van der Waals surface area contributed by atoms with Crippen molar-refractivity contribution in [3.05, 3.63) is 29.6 Å². The van der Waals surface area contributed by atoms with Crippen LogP contribution in [-0.4, -0.2) is 39.5 Å². The van der Waals surface area contributed by atoms with Crippen molar-refractivity contribution in [2.24, 2.45) is 0 Å². The molecule has 21 heavy (non-hydrogen) atoms. The molecule has 1 aromatic rings. The highest BCUT2D eigenvalue weighted by Gasteiger charge is 2.23. The second-order valence-corrected chi connectivity index (χ2v) is 5.83. The van der Waals surface area contributed by atoms with E-state index < -0.39 is 32.4 Å². The number of nitrogens with zero attached hydrogens (tertiary/aromatic N) is 1. The lowest BCUT2D eigenvalue weighted by molar-refractivity contribution is 0.309. The first kappa shape index (κ1) is 20.2. The molecule has 0 fully saturated rings. The third-order valence-electron chi connectivity index (χ3n) is 2.90. The Kier molecular flexibility index (Phi) is 8.23. The second kappa shape index (κ2) is 8.57. The fraction of sp³-hybridized carbons (Fsp3) is 0.500. The number of halogens is 4. The Morgan fingerprint density at radius 3 is 2.19 bits per heavy atom. The van der Waals surface area contributed by atoms with E-state index in [4.69, 9.17) is 0 Å². The molecule has 0 saturated heterocycles. The minimum atomic E-state index is -4.20. The van der Waals surface area contributed by atoms with Crippen molar-refractivity contribution in [3.8, 4) is 0 Å². The second-order valence-electron chi connectivity index (χ2n) is 4.10. The maximum absolute atomic E-state index is 13.4. The van der Waals surface area contributed by atoms with E-state index in [1.807, 2.05) is 18.7 Å². The topological polar surface area (TPSA) is 49.4 Å². The molecule has 0 aliphatic heterocycles. The molecule has 0 unspecified atom stereocenters. The molecule has 1 rings (SSSR count). The van der Waals surface area contributed by atoms with Gasteiger partial charge in [0, 0.05) is 13.1 Å². The van der Waals surface area contributed by atoms with Crippen molar-refractivity contribution >= 4 is 22.4 Å². The number of sulfonamides is 1. The summed E-state index contributed by atoms with van der Waals surface area (Å²) in [6, 6.07) is 1.28. The minimum Gasteiger partial charge on any atom is -0.303 e. The number of hydrogen-bond acceptors (Lipinski definition) is 3. The molecule has 0 aliphatic carbocycles. The van der Waals surface area contributed by atoms with E-state index in [9.17, 15) is 21.6 Å². The van der Waals surface area contributed by atoms with Crippen LogP contribution in [0.25, 0.3) is 0 Å². The number of nitrogens with one attached hydrogen (secondary N) is 1. The Bertz CT molecular complexity index is 566. The highest BCUT2D eigenvalue weighted by Crippen LogP contribution is 2.19. The van der Waals surface area contributed by atoms with Gasteiger partial charge >= 0.3 is 0 Å². The zero-order valence-electron chi connectivity index (χ0n) is 11.7. The van der Waals surface area contributed by atoms with Crippen LogP contribution in [0.2, 0.25) is 0 Å². The molecule has 0 radical (unpaired) electrons. The summed E-state index contributed by atoms with van der Waals surface area (Å²) in [5, 5.41) is 0. The van der Waals surface area contributed by atoms with Gasteiger partial charge < -0.3 is 4.90 Å². The minimum absolute atomic E-state index is 0. The molecule has 9 heteroatoms. The third-order valence-corrected chi connectivity index (χ3v) is 4.38. The maximum atomic E-state index is 13.4. The van der Waals surface area contributed by atoms with Crippen molar-refractivity contribution in [1.82, 2.24) is 9.62 Å². The van der Waals surface area contributed by atoms with Crippen molar-refractivity contribution < 1.29 is 21.6 Å². The van der Waals surface area contributed by atoms with Crippen molar-refractivity contribution in [3.63, 3.8) is 0 Å². The summed E-state index contributed by atoms with van der Waals surface area (Å²) in [7, 11) is -4.20. The molecular formula is C12H18ClF3N2O2S. The average Bonchev–Trinajstić information content (AvgIpc) is 2.40. The molecule has 0 spiro atoms. The quantitative estimate of drug-likeness (QED) is 0.770. The molecule has 0 bridgehead atoms. The van der Waals surface area contributed by atoms with Crippen molar-refractivity contribution in [2.45, 2.75) is 18.7 Å². The predicted octanol–water partition coefficient (Wildman–Crippen LogP) is 2.15. The van der Waals surface area contributed by atoms with Gasteiger partial charge in [-0.2, -0.15) is 0 Å². The molecule has 0 amide bonds. The van der Waals surface area contributed by atoms with E-state index in [0.29, 0.717) is 18.7 Å². The van der Waals surface area contributed by atoms with E-state index in [1.165, 1.54) is 0 Å². The standard InChI is InChI=1S/C12H17F3N2O2S.ClH/c1-3-17(4-2)8-7-16-20(18,19)10-6-5-9(13)11(14)12(10)15;/h5-6,16H,3-4,7-8H2,1-2H3;1H. The lowest BCUT2D eigenvalue weighted by Crippen LogP contribution is -2.35. The van der Waals surface area contributed by atoms with Crippen LogP contribution in [0.3, 0.4) is 0 Å². The number of likely N-dealkylation sites (N-methyl/N-ethyl adjacent to an activating group) is 1. The summed E-state index contributed by atoms with van der Waals surface area (Å²) < 4.78 is 65.0. The van der Waals surface area contributed by atoms with E-state index in [0.717, 1.165) is 13.1 Å². The van der Waals surface area contributed by atoms with E-state index >= 15 is 0 Å². The van der Waals surface area contributed by atoms with Gasteiger partial charge in [0.15, 0.2) is 17.5 Å². The van der Waals surface area contributed by atoms with Gasteiger partial charge in [-0.3, -0.25) is 0 Å². The van der Waals surface area contributed by atoms with Gasteiger partial charge in [0.25, 0.3) is 0 Å². The van der Waals surface area contributed by atoms with Crippen molar-refractivity contribution in [2.75, 3.05) is 26.2 Å². The van der Waals surface area contributed by atoms with Gasteiger partial charge in [0.2, 0.25) is 10.0 Å². The van der Waals surface area contributed by atoms with Crippen LogP contribution in [0.1, 0.15) is 13.8 Å². The summed E-state index contributed by atoms with van der Waals surface area (Å²) >= 11 is 0. The predicted molar refractivity (Wildman–Crippen MR) is 76.5 cm³/mol. The Hall–Kier alpha value is -0.830. The lowest BCUT2D eigenvalue weighted by Gasteiger charge is -2.18. The van der Waals surface area contributed by atoms with Crippen molar-refractivity contribution in [1.29, 1.82) is 0 Å². The van der Waals surface area contributed by atoms with Crippen LogP contribution in [0.5, 0.6) is 0 Å². The SMILES string of the molecule is CCN(CC)CCNS(=O)(=O)c1ccc(F)c(F)c1F.Cl. The summed E-state index contributed by atoms with van der Waals surface area (Å²) in [6.07, 6.45) is 0. The Morgan fingerprint density at radius 1 is 1.10 bits per heavy atom. The van der Waals surface area contributed by atoms with E-state index in [2.05, 4.69) is 4.72 Å². The van der Waals surface area contributed by atoms with E-state index in [1.54, 1.807) is 0 Å². The van der Waals surface area contributed by atoms with Gasteiger partial charge in [-0.25, -0.2) is 26.3 Å². The highest BCUT2D eigenvalue weighted by molar-refractivity contribution is 7.89. The Morgan fingerprint density at radius 2 is 1.67 bits per heavy atom. The lowest BCUT2D eigenvalue weighted by atomic mass is 10.3. The summed E-state index contributed by atoms with van der Waals surface area (Å²) in [5.74, 6) is -4.93. The van der Waals surface area contributed by atoms with Crippen LogP contribution < -0.4 is 4.72 Å². The first-order valence-electron chi connectivity index (χ1n) is 6.19. The average molecular weight is 347 g/mol. The molecule has 4 nitrogen and oxygen atoms in total. The van der Waals surface area contributed by atoms with Gasteiger partial charge in [-0.15, -0.1) is 12.4 Å². The monoisotopic (exact) mass is 346 g/mol. The molecule has 0 saturated carbocycles. The van der Waals surface area contributed by atoms with Gasteiger partial charge in [0.05, 0.1) is 0 Å². The Balaban J connectivity index is 0.00000400. The van der Waals surface area contributed by atoms with Gasteiger partial charge in [-0.1, -0.05) is 13.8 Å². The normalized spacial score (nSPS) is 11.5. The number of benzene rings is 1. The summed E-state index contributed by atoms with van der Waals surface area (Å²) in [4.78, 5) is 1.07. The first-order valence-corrected chi connectivity index (χ1v) is 7.67. The fourth-order valence-electron chi connectivity index (χ4n) is 1.67. The summed E-state index contributed by atoms with van der Waals surface area (Å²) in [6.45, 7) is 5.84. The van der Waals surface area contributed by atoms with Gasteiger partial charge in [-0.05, 0) is 25.2 Å². The first-order chi connectivity index (χ1) is 9.33. The molecule has 122 valence electrons. The molecule has 0 atom stereocenters. The molecule has 0 aliphatic rings. The summed E-state index contributed by atoms with van der Waals surface area (Å²) in [5.41, 5.74) is 0. The smallest absolute Gasteiger partial charge is 0.243 e. The van der Waals surface area contributed by atoms with Crippen LogP contribution in [-0.2, 0) is 10.0 Å². The van der Waals surface area contributed by atoms with Crippen LogP contribution in [0.15, 0.2) is 17.0 Å². The van der Waals surface area contributed by atoms with Crippen LogP contribution in [0, 0.1) is 17.5 Å². The molecule has 0 heterocycles. The zero-order chi connectivity index (χ0) is 15.3. The third kappa shape index (κ3) is 5.14. The van der Waals surface area contributed by atoms with Crippen LogP contribution in [0.4, 0.5) is 13.2 Å². The number of hydrogen-bond donors (Lipinski definition) is 1. The molecule has 1 N–H and O–H groups in total. The maximum Gasteiger partial charge on any atom is 0.243 e. The molecule has 0 aromatic heterocycles. The van der Waals surface area contributed by atoms with Crippen LogP contribution >= 0.6 is 12.4 Å². The number of rotatable bonds is 7. The zero-order valence-corrected chi connectivity index (χ0v) is 13.3. The Labute approximate surface area is 128 Å². The fourth-order valence-corrected chi connectivity index (χ4v) is 2.76.